The summed E-state index contributed by atoms with van der Waals surface area (Å²) in [6.07, 6.45) is 2.27. The molecule has 3 aromatic heterocycles. The number of aromatic nitrogens is 5. The van der Waals surface area contributed by atoms with Crippen LogP contribution in [-0.2, 0) is 11.2 Å². The molecule has 4 aromatic rings. The molecule has 156 valence electrons. The number of nitriles is 1. The molecule has 0 radical (unpaired) electrons. The van der Waals surface area contributed by atoms with Gasteiger partial charge in [0.05, 0.1) is 17.6 Å². The molecule has 1 N–H and O–H groups in total. The van der Waals surface area contributed by atoms with Gasteiger partial charge in [-0.3, -0.25) is 4.79 Å². The Kier molecular flexibility index (Phi) is 5.44. The van der Waals surface area contributed by atoms with Crippen molar-refractivity contribution in [3.8, 4) is 11.8 Å². The molecule has 1 aromatic carbocycles. The van der Waals surface area contributed by atoms with Crippen LogP contribution in [0.1, 0.15) is 34.6 Å². The van der Waals surface area contributed by atoms with Gasteiger partial charge in [0.1, 0.15) is 17.5 Å². The minimum absolute atomic E-state index is 0.139. The number of fused-ring (bicyclic) bond motifs is 1. The van der Waals surface area contributed by atoms with Crippen molar-refractivity contribution < 1.29 is 4.79 Å². The quantitative estimate of drug-likeness (QED) is 0.513. The summed E-state index contributed by atoms with van der Waals surface area (Å²) in [7, 11) is 0. The number of anilines is 1. The summed E-state index contributed by atoms with van der Waals surface area (Å²) in [6, 6.07) is 11.2. The third kappa shape index (κ3) is 4.00. The van der Waals surface area contributed by atoms with Crippen molar-refractivity contribution in [2.75, 3.05) is 5.32 Å². The predicted octanol–water partition coefficient (Wildman–Crippen LogP) is 3.94. The normalized spacial score (nSPS) is 10.9. The van der Waals surface area contributed by atoms with Crippen LogP contribution in [0.3, 0.4) is 0 Å². The Morgan fingerprint density at radius 2 is 2.06 bits per heavy atom. The number of carbonyl (C=O) groups excluding carboxylic acids is 1. The first-order chi connectivity index (χ1) is 14.9. The molecular formula is C22H20ClN7O. The second-order valence-electron chi connectivity index (χ2n) is 7.28. The Hall–Kier alpha value is -3.70. The summed E-state index contributed by atoms with van der Waals surface area (Å²) in [4.78, 5) is 17.2. The van der Waals surface area contributed by atoms with Crippen molar-refractivity contribution in [3.63, 3.8) is 0 Å². The largest absolute Gasteiger partial charge is 0.311 e. The number of nitrogens with one attached hydrogen (secondary N) is 1. The molecule has 0 aliphatic heterocycles. The van der Waals surface area contributed by atoms with Crippen molar-refractivity contribution in [2.24, 2.45) is 0 Å². The molecule has 0 saturated carbocycles. The second-order valence-corrected chi connectivity index (χ2v) is 7.71. The lowest BCUT2D eigenvalue weighted by Crippen LogP contribution is -2.16. The van der Waals surface area contributed by atoms with E-state index in [1.165, 1.54) is 6.20 Å². The zero-order valence-electron chi connectivity index (χ0n) is 17.3. The average molecular weight is 434 g/mol. The van der Waals surface area contributed by atoms with Gasteiger partial charge >= 0.3 is 0 Å². The van der Waals surface area contributed by atoms with Gasteiger partial charge in [-0.05, 0) is 51.0 Å². The topological polar surface area (TPSA) is 101 Å². The SMILES string of the molecule is Cc1cc(NC(=O)CCc2c(C)nc3c(C#N)cnn3c2C)n(-c2cccc(Cl)c2)n1. The molecule has 0 saturated heterocycles. The molecule has 8 nitrogen and oxygen atoms in total. The van der Waals surface area contributed by atoms with Gasteiger partial charge in [0.2, 0.25) is 5.91 Å². The first-order valence-corrected chi connectivity index (χ1v) is 10.1. The van der Waals surface area contributed by atoms with Crippen LogP contribution in [0.5, 0.6) is 0 Å². The Labute approximate surface area is 184 Å². The van der Waals surface area contributed by atoms with Crippen LogP contribution in [0, 0.1) is 32.1 Å². The van der Waals surface area contributed by atoms with Crippen LogP contribution in [0.15, 0.2) is 36.5 Å². The van der Waals surface area contributed by atoms with E-state index < -0.39 is 0 Å². The molecule has 0 fully saturated rings. The third-order valence-electron chi connectivity index (χ3n) is 5.08. The highest BCUT2D eigenvalue weighted by atomic mass is 35.5. The van der Waals surface area contributed by atoms with E-state index >= 15 is 0 Å². The van der Waals surface area contributed by atoms with Gasteiger partial charge in [0.15, 0.2) is 5.65 Å². The molecule has 0 aliphatic carbocycles. The summed E-state index contributed by atoms with van der Waals surface area (Å²) in [5, 5.41) is 21.4. The minimum Gasteiger partial charge on any atom is -0.311 e. The standard InChI is InChI=1S/C22H20ClN7O/c1-13-9-20(30(28-13)18-6-4-5-17(23)10-18)27-21(31)8-7-19-14(2)26-22-16(11-24)12-25-29(22)15(19)3/h4-6,9-10,12H,7-8H2,1-3H3,(H,27,31). The van der Waals surface area contributed by atoms with Crippen LogP contribution >= 0.6 is 11.6 Å². The Bertz CT molecular complexity index is 1350. The van der Waals surface area contributed by atoms with Crippen molar-refractivity contribution >= 4 is 29.0 Å². The zero-order valence-corrected chi connectivity index (χ0v) is 18.1. The number of rotatable bonds is 5. The maximum atomic E-state index is 12.7. The fourth-order valence-electron chi connectivity index (χ4n) is 3.59. The number of carbonyl (C=O) groups is 1. The number of halogens is 1. The van der Waals surface area contributed by atoms with Crippen molar-refractivity contribution in [2.45, 2.75) is 33.6 Å². The Balaban J connectivity index is 1.53. The van der Waals surface area contributed by atoms with Crippen LogP contribution in [0.25, 0.3) is 11.3 Å². The summed E-state index contributed by atoms with van der Waals surface area (Å²) < 4.78 is 3.31. The van der Waals surface area contributed by atoms with Gasteiger partial charge in [0.25, 0.3) is 0 Å². The van der Waals surface area contributed by atoms with Crippen LogP contribution < -0.4 is 5.32 Å². The van der Waals surface area contributed by atoms with E-state index in [9.17, 15) is 10.1 Å². The van der Waals surface area contributed by atoms with E-state index in [4.69, 9.17) is 11.6 Å². The number of nitrogens with zero attached hydrogens (tertiary/aromatic N) is 6. The maximum absolute atomic E-state index is 12.7. The van der Waals surface area contributed by atoms with E-state index in [2.05, 4.69) is 26.6 Å². The highest BCUT2D eigenvalue weighted by Crippen LogP contribution is 2.21. The molecule has 1 amide bonds. The first kappa shape index (κ1) is 20.6. The number of amides is 1. The van der Waals surface area contributed by atoms with Crippen molar-refractivity contribution in [1.82, 2.24) is 24.4 Å². The van der Waals surface area contributed by atoms with E-state index in [0.717, 1.165) is 28.3 Å². The lowest BCUT2D eigenvalue weighted by molar-refractivity contribution is -0.116. The smallest absolute Gasteiger partial charge is 0.225 e. The highest BCUT2D eigenvalue weighted by Gasteiger charge is 2.16. The summed E-state index contributed by atoms with van der Waals surface area (Å²) in [5.41, 5.74) is 5.11. The third-order valence-corrected chi connectivity index (χ3v) is 5.32. The molecule has 4 rings (SSSR count). The van der Waals surface area contributed by atoms with Gasteiger partial charge in [-0.2, -0.15) is 15.5 Å². The molecule has 3 heterocycles. The monoisotopic (exact) mass is 433 g/mol. The lowest BCUT2D eigenvalue weighted by atomic mass is 10.1. The number of aryl methyl sites for hydroxylation is 3. The molecule has 31 heavy (non-hydrogen) atoms. The van der Waals surface area contributed by atoms with Crippen LogP contribution in [0.2, 0.25) is 5.02 Å². The Morgan fingerprint density at radius 1 is 1.26 bits per heavy atom. The maximum Gasteiger partial charge on any atom is 0.225 e. The average Bonchev–Trinajstić information content (AvgIpc) is 3.30. The summed E-state index contributed by atoms with van der Waals surface area (Å²) >= 11 is 6.10. The Morgan fingerprint density at radius 3 is 2.81 bits per heavy atom. The summed E-state index contributed by atoms with van der Waals surface area (Å²) in [5.74, 6) is 0.442. The molecule has 9 heteroatoms. The van der Waals surface area contributed by atoms with Crippen molar-refractivity contribution in [3.05, 3.63) is 69.8 Å². The lowest BCUT2D eigenvalue weighted by Gasteiger charge is -2.12. The fourth-order valence-corrected chi connectivity index (χ4v) is 3.77. The van der Waals surface area contributed by atoms with Crippen molar-refractivity contribution in [1.29, 1.82) is 5.26 Å². The van der Waals surface area contributed by atoms with Crippen LogP contribution in [-0.4, -0.2) is 30.3 Å². The zero-order chi connectivity index (χ0) is 22.1. The predicted molar refractivity (Wildman–Crippen MR) is 117 cm³/mol. The highest BCUT2D eigenvalue weighted by molar-refractivity contribution is 6.30. The summed E-state index contributed by atoms with van der Waals surface area (Å²) in [6.45, 7) is 5.66. The minimum atomic E-state index is -0.139. The van der Waals surface area contributed by atoms with E-state index in [0.29, 0.717) is 28.5 Å². The number of hydrogen-bond acceptors (Lipinski definition) is 5. The molecule has 0 spiro atoms. The molecule has 0 aliphatic rings. The van der Waals surface area contributed by atoms with Gasteiger partial charge in [0, 0.05) is 28.9 Å². The van der Waals surface area contributed by atoms with Crippen LogP contribution in [0.4, 0.5) is 5.82 Å². The molecule has 0 bridgehead atoms. The van der Waals surface area contributed by atoms with Gasteiger partial charge < -0.3 is 5.32 Å². The number of hydrogen-bond donors (Lipinski definition) is 1. The number of benzene rings is 1. The molecular weight excluding hydrogens is 414 g/mol. The fraction of sp³-hybridized carbons (Fsp3) is 0.227. The van der Waals surface area contributed by atoms with Gasteiger partial charge in [-0.1, -0.05) is 17.7 Å². The van der Waals surface area contributed by atoms with Gasteiger partial charge in [-0.15, -0.1) is 0 Å². The molecule has 0 unspecified atom stereocenters. The van der Waals surface area contributed by atoms with E-state index in [1.807, 2.05) is 39.0 Å². The molecule has 0 atom stereocenters. The van der Waals surface area contributed by atoms with E-state index in [1.54, 1.807) is 21.3 Å². The second kappa shape index (κ2) is 8.20. The van der Waals surface area contributed by atoms with Gasteiger partial charge in [-0.25, -0.2) is 14.2 Å². The van der Waals surface area contributed by atoms with E-state index in [-0.39, 0.29) is 12.3 Å². The first-order valence-electron chi connectivity index (χ1n) is 9.73.